The lowest BCUT2D eigenvalue weighted by Crippen LogP contribution is -2.46. The summed E-state index contributed by atoms with van der Waals surface area (Å²) in [7, 11) is 0. The third-order valence-corrected chi connectivity index (χ3v) is 3.19. The van der Waals surface area contributed by atoms with Crippen molar-refractivity contribution in [3.05, 3.63) is 0 Å². The number of rotatable bonds is 2. The highest BCUT2D eigenvalue weighted by atomic mass is 16.6. The van der Waals surface area contributed by atoms with Gasteiger partial charge in [0, 0.05) is 18.6 Å². The SMILES string of the molecule is C[C@H]1CC[C@H](CO)[C@@H](NC(=O)OC(C)(C)C)C1. The summed E-state index contributed by atoms with van der Waals surface area (Å²) in [4.78, 5) is 11.7. The molecule has 1 aliphatic carbocycles. The highest BCUT2D eigenvalue weighted by Gasteiger charge is 2.30. The number of ether oxygens (including phenoxy) is 1. The molecule has 0 radical (unpaired) electrons. The zero-order valence-corrected chi connectivity index (χ0v) is 11.3. The summed E-state index contributed by atoms with van der Waals surface area (Å²) in [5.74, 6) is 0.761. The summed E-state index contributed by atoms with van der Waals surface area (Å²) < 4.78 is 5.24. The van der Waals surface area contributed by atoms with E-state index in [4.69, 9.17) is 4.74 Å². The number of alkyl carbamates (subject to hydrolysis) is 1. The second-order valence-corrected chi connectivity index (χ2v) is 6.11. The first-order chi connectivity index (χ1) is 7.81. The number of nitrogens with one attached hydrogen (secondary N) is 1. The molecular formula is C13H25NO3. The lowest BCUT2D eigenvalue weighted by atomic mass is 9.79. The standard InChI is InChI=1S/C13H25NO3/c1-9-5-6-10(8-15)11(7-9)14-12(16)17-13(2,3)4/h9-11,15H,5-8H2,1-4H3,(H,14,16)/t9-,10+,11-/m0/s1. The van der Waals surface area contributed by atoms with Crippen molar-refractivity contribution in [1.29, 1.82) is 0 Å². The van der Waals surface area contributed by atoms with Gasteiger partial charge in [0.2, 0.25) is 0 Å². The van der Waals surface area contributed by atoms with E-state index in [0.717, 1.165) is 19.3 Å². The Bertz CT molecular complexity index is 260. The first kappa shape index (κ1) is 14.3. The highest BCUT2D eigenvalue weighted by molar-refractivity contribution is 5.68. The monoisotopic (exact) mass is 243 g/mol. The van der Waals surface area contributed by atoms with E-state index in [9.17, 15) is 9.90 Å². The predicted octanol–water partition coefficient (Wildman–Crippen LogP) is 2.31. The molecule has 1 aliphatic rings. The van der Waals surface area contributed by atoms with Crippen LogP contribution in [0.3, 0.4) is 0 Å². The second kappa shape index (κ2) is 5.71. The lowest BCUT2D eigenvalue weighted by Gasteiger charge is -2.34. The van der Waals surface area contributed by atoms with Crippen LogP contribution in [-0.2, 0) is 4.74 Å². The maximum Gasteiger partial charge on any atom is 0.407 e. The Labute approximate surface area is 104 Å². The Morgan fingerprint density at radius 3 is 2.59 bits per heavy atom. The molecule has 0 spiro atoms. The molecule has 4 heteroatoms. The van der Waals surface area contributed by atoms with Gasteiger partial charge in [-0.1, -0.05) is 13.3 Å². The number of hydrogen-bond donors (Lipinski definition) is 2. The average molecular weight is 243 g/mol. The van der Waals surface area contributed by atoms with Gasteiger partial charge < -0.3 is 15.2 Å². The van der Waals surface area contributed by atoms with Crippen LogP contribution < -0.4 is 5.32 Å². The minimum absolute atomic E-state index is 0.0404. The maximum absolute atomic E-state index is 11.7. The molecule has 0 aromatic rings. The molecule has 1 saturated carbocycles. The van der Waals surface area contributed by atoms with Crippen LogP contribution in [0.1, 0.15) is 47.0 Å². The minimum Gasteiger partial charge on any atom is -0.444 e. The first-order valence-corrected chi connectivity index (χ1v) is 6.42. The molecule has 4 nitrogen and oxygen atoms in total. The predicted molar refractivity (Wildman–Crippen MR) is 66.7 cm³/mol. The molecule has 1 rings (SSSR count). The van der Waals surface area contributed by atoms with Gasteiger partial charge in [-0.05, 0) is 39.5 Å². The summed E-state index contributed by atoms with van der Waals surface area (Å²) in [5.41, 5.74) is -0.473. The van der Waals surface area contributed by atoms with E-state index in [1.54, 1.807) is 0 Å². The molecular weight excluding hydrogens is 218 g/mol. The van der Waals surface area contributed by atoms with Gasteiger partial charge in [-0.2, -0.15) is 0 Å². The van der Waals surface area contributed by atoms with Crippen LogP contribution in [-0.4, -0.2) is 29.4 Å². The van der Waals surface area contributed by atoms with E-state index in [0.29, 0.717) is 5.92 Å². The molecule has 0 aliphatic heterocycles. The van der Waals surface area contributed by atoms with Gasteiger partial charge >= 0.3 is 6.09 Å². The summed E-state index contributed by atoms with van der Waals surface area (Å²) >= 11 is 0. The largest absolute Gasteiger partial charge is 0.444 e. The van der Waals surface area contributed by atoms with E-state index in [1.807, 2.05) is 20.8 Å². The lowest BCUT2D eigenvalue weighted by molar-refractivity contribution is 0.0427. The molecule has 0 unspecified atom stereocenters. The topological polar surface area (TPSA) is 58.6 Å². The third kappa shape index (κ3) is 4.94. The zero-order chi connectivity index (χ0) is 13.1. The van der Waals surface area contributed by atoms with Crippen LogP contribution in [0.25, 0.3) is 0 Å². The van der Waals surface area contributed by atoms with Gasteiger partial charge in [-0.15, -0.1) is 0 Å². The van der Waals surface area contributed by atoms with Crippen molar-refractivity contribution in [3.63, 3.8) is 0 Å². The normalized spacial score (nSPS) is 29.8. The van der Waals surface area contributed by atoms with E-state index in [2.05, 4.69) is 12.2 Å². The fraction of sp³-hybridized carbons (Fsp3) is 0.923. The minimum atomic E-state index is -0.473. The molecule has 0 bridgehead atoms. The number of aliphatic hydroxyl groups is 1. The smallest absolute Gasteiger partial charge is 0.407 e. The quantitative estimate of drug-likeness (QED) is 0.782. The van der Waals surface area contributed by atoms with Crippen molar-refractivity contribution >= 4 is 6.09 Å². The molecule has 100 valence electrons. The van der Waals surface area contributed by atoms with Gasteiger partial charge in [-0.25, -0.2) is 4.79 Å². The summed E-state index contributed by atoms with van der Waals surface area (Å²) in [6, 6.07) is 0.0404. The fourth-order valence-electron chi connectivity index (χ4n) is 2.30. The maximum atomic E-state index is 11.7. The van der Waals surface area contributed by atoms with Gasteiger partial charge in [-0.3, -0.25) is 0 Å². The van der Waals surface area contributed by atoms with Crippen molar-refractivity contribution in [2.75, 3.05) is 6.61 Å². The van der Waals surface area contributed by atoms with Gasteiger partial charge in [0.15, 0.2) is 0 Å². The Hall–Kier alpha value is -0.770. The van der Waals surface area contributed by atoms with Crippen LogP contribution in [0.2, 0.25) is 0 Å². The third-order valence-electron chi connectivity index (χ3n) is 3.19. The van der Waals surface area contributed by atoms with Gasteiger partial charge in [0.05, 0.1) is 0 Å². The number of aliphatic hydroxyl groups excluding tert-OH is 1. The molecule has 0 heterocycles. The Balaban J connectivity index is 2.49. The van der Waals surface area contributed by atoms with Crippen LogP contribution in [0.15, 0.2) is 0 Å². The van der Waals surface area contributed by atoms with Crippen molar-refractivity contribution in [2.45, 2.75) is 58.6 Å². The summed E-state index contributed by atoms with van der Waals surface area (Å²) in [5, 5.41) is 12.2. The van der Waals surface area contributed by atoms with Crippen LogP contribution in [0, 0.1) is 11.8 Å². The number of carbonyl (C=O) groups excluding carboxylic acids is 1. The zero-order valence-electron chi connectivity index (χ0n) is 11.3. The molecule has 0 saturated heterocycles. The van der Waals surface area contributed by atoms with Crippen LogP contribution in [0.4, 0.5) is 4.79 Å². The Kier molecular flexibility index (Phi) is 4.80. The average Bonchev–Trinajstić information content (AvgIpc) is 2.14. The van der Waals surface area contributed by atoms with E-state index >= 15 is 0 Å². The van der Waals surface area contributed by atoms with Crippen molar-refractivity contribution in [3.8, 4) is 0 Å². The first-order valence-electron chi connectivity index (χ1n) is 6.42. The number of amides is 1. The molecule has 1 amide bonds. The highest BCUT2D eigenvalue weighted by Crippen LogP contribution is 2.28. The fourth-order valence-corrected chi connectivity index (χ4v) is 2.30. The molecule has 3 atom stereocenters. The van der Waals surface area contributed by atoms with E-state index in [-0.39, 0.29) is 24.7 Å². The molecule has 1 fully saturated rings. The van der Waals surface area contributed by atoms with Crippen molar-refractivity contribution in [1.82, 2.24) is 5.32 Å². The van der Waals surface area contributed by atoms with E-state index < -0.39 is 5.60 Å². The van der Waals surface area contributed by atoms with E-state index in [1.165, 1.54) is 0 Å². The number of hydrogen-bond acceptors (Lipinski definition) is 3. The molecule has 0 aromatic heterocycles. The number of carbonyl (C=O) groups is 1. The second-order valence-electron chi connectivity index (χ2n) is 6.11. The Morgan fingerprint density at radius 2 is 2.06 bits per heavy atom. The van der Waals surface area contributed by atoms with Crippen molar-refractivity contribution < 1.29 is 14.6 Å². The Morgan fingerprint density at radius 1 is 1.41 bits per heavy atom. The van der Waals surface area contributed by atoms with Crippen LogP contribution >= 0.6 is 0 Å². The van der Waals surface area contributed by atoms with Gasteiger partial charge in [0.1, 0.15) is 5.60 Å². The van der Waals surface area contributed by atoms with Crippen molar-refractivity contribution in [2.24, 2.45) is 11.8 Å². The summed E-state index contributed by atoms with van der Waals surface area (Å²) in [6.07, 6.45) is 2.63. The molecule has 17 heavy (non-hydrogen) atoms. The van der Waals surface area contributed by atoms with Gasteiger partial charge in [0.25, 0.3) is 0 Å². The molecule has 2 N–H and O–H groups in total. The summed E-state index contributed by atoms with van der Waals surface area (Å²) in [6.45, 7) is 7.85. The van der Waals surface area contributed by atoms with Crippen LogP contribution in [0.5, 0.6) is 0 Å². The molecule has 0 aromatic carbocycles.